The van der Waals surface area contributed by atoms with Crippen LogP contribution in [0.4, 0.5) is 8.78 Å². The molecule has 1 N–H and O–H groups in total. The van der Waals surface area contributed by atoms with E-state index >= 15 is 0 Å². The quantitative estimate of drug-likeness (QED) is 0.880. The molecule has 0 aliphatic heterocycles. The van der Waals surface area contributed by atoms with E-state index in [4.69, 9.17) is 0 Å². The molecule has 1 fully saturated rings. The van der Waals surface area contributed by atoms with E-state index in [1.54, 1.807) is 6.20 Å². The van der Waals surface area contributed by atoms with Crippen LogP contribution in [0.15, 0.2) is 24.4 Å². The predicted octanol–water partition coefficient (Wildman–Crippen LogP) is 2.10. The van der Waals surface area contributed by atoms with Crippen molar-refractivity contribution < 1.29 is 8.78 Å². The normalized spacial score (nSPS) is 14.7. The Kier molecular flexibility index (Phi) is 3.73. The van der Waals surface area contributed by atoms with Gasteiger partial charge in [-0.2, -0.15) is 0 Å². The maximum Gasteiger partial charge on any atom is 0.128 e. The lowest BCUT2D eigenvalue weighted by Gasteiger charge is -2.03. The Morgan fingerprint density at radius 2 is 2.15 bits per heavy atom. The van der Waals surface area contributed by atoms with Crippen LogP contribution < -0.4 is 5.32 Å². The second kappa shape index (κ2) is 5.66. The average Bonchev–Trinajstić information content (AvgIpc) is 3.14. The lowest BCUT2D eigenvalue weighted by atomic mass is 10.2. The van der Waals surface area contributed by atoms with E-state index in [0.717, 1.165) is 30.3 Å². The second-order valence-corrected chi connectivity index (χ2v) is 5.22. The van der Waals surface area contributed by atoms with Crippen LogP contribution in [0.1, 0.15) is 24.1 Å². The van der Waals surface area contributed by atoms with Gasteiger partial charge < -0.3 is 5.32 Å². The number of nitrogens with zero attached hydrogens (tertiary/aromatic N) is 3. The van der Waals surface area contributed by atoms with Crippen LogP contribution in [0.25, 0.3) is 0 Å². The van der Waals surface area contributed by atoms with Crippen molar-refractivity contribution in [3.63, 3.8) is 0 Å². The topological polar surface area (TPSA) is 42.7 Å². The van der Waals surface area contributed by atoms with Crippen LogP contribution >= 0.6 is 0 Å². The molecule has 20 heavy (non-hydrogen) atoms. The fourth-order valence-electron chi connectivity index (χ4n) is 2.06. The summed E-state index contributed by atoms with van der Waals surface area (Å²) in [5.74, 6) is -0.0745. The van der Waals surface area contributed by atoms with Gasteiger partial charge in [-0.05, 0) is 43.5 Å². The highest BCUT2D eigenvalue weighted by Gasteiger charge is 2.20. The molecule has 0 bridgehead atoms. The number of nitrogens with one attached hydrogen (secondary N) is 1. The summed E-state index contributed by atoms with van der Waals surface area (Å²) in [4.78, 5) is 0. The van der Waals surface area contributed by atoms with Gasteiger partial charge in [0, 0.05) is 12.1 Å². The molecule has 0 saturated heterocycles. The summed E-state index contributed by atoms with van der Waals surface area (Å²) < 4.78 is 28.1. The minimum atomic E-state index is -0.451. The van der Waals surface area contributed by atoms with Crippen molar-refractivity contribution >= 4 is 0 Å². The lowest BCUT2D eigenvalue weighted by molar-refractivity contribution is 0.560. The third kappa shape index (κ3) is 3.39. The molecule has 6 heteroatoms. The van der Waals surface area contributed by atoms with Crippen molar-refractivity contribution in [1.82, 2.24) is 20.3 Å². The van der Waals surface area contributed by atoms with E-state index in [0.29, 0.717) is 6.54 Å². The first-order chi connectivity index (χ1) is 9.70. The molecule has 1 heterocycles. The maximum absolute atomic E-state index is 13.5. The van der Waals surface area contributed by atoms with Gasteiger partial charge in [0.2, 0.25) is 0 Å². The molecular weight excluding hydrogens is 262 g/mol. The van der Waals surface area contributed by atoms with Crippen molar-refractivity contribution in [3.8, 4) is 0 Å². The second-order valence-electron chi connectivity index (χ2n) is 5.22. The summed E-state index contributed by atoms with van der Waals surface area (Å²) in [5.41, 5.74) is 1.08. The lowest BCUT2D eigenvalue weighted by Crippen LogP contribution is -2.16. The molecule has 0 atom stereocenters. The molecule has 4 nitrogen and oxygen atoms in total. The summed E-state index contributed by atoms with van der Waals surface area (Å²) in [6, 6.07) is 3.41. The van der Waals surface area contributed by atoms with Crippen LogP contribution in [-0.2, 0) is 13.1 Å². The highest BCUT2D eigenvalue weighted by atomic mass is 19.1. The monoisotopic (exact) mass is 278 g/mol. The summed E-state index contributed by atoms with van der Waals surface area (Å²) in [7, 11) is 0. The SMILES string of the molecule is Fc1ccc(F)c(Cn2cc(CNCC3CC3)nn2)c1. The predicted molar refractivity (Wildman–Crippen MR) is 69.9 cm³/mol. The van der Waals surface area contributed by atoms with E-state index in [-0.39, 0.29) is 12.1 Å². The molecule has 106 valence electrons. The molecule has 0 unspecified atom stereocenters. The number of benzene rings is 1. The fraction of sp³-hybridized carbons (Fsp3) is 0.429. The van der Waals surface area contributed by atoms with E-state index in [1.165, 1.54) is 23.6 Å². The van der Waals surface area contributed by atoms with E-state index in [2.05, 4.69) is 15.6 Å². The summed E-state index contributed by atoms with van der Waals surface area (Å²) >= 11 is 0. The van der Waals surface area contributed by atoms with Crippen molar-refractivity contribution in [3.05, 3.63) is 47.3 Å². The number of hydrogen-bond acceptors (Lipinski definition) is 3. The van der Waals surface area contributed by atoms with Gasteiger partial charge in [-0.1, -0.05) is 5.21 Å². The average molecular weight is 278 g/mol. The Bertz CT molecular complexity index is 593. The Hall–Kier alpha value is -1.82. The standard InChI is InChI=1S/C14H16F2N4/c15-12-3-4-14(16)11(5-12)8-20-9-13(18-19-20)7-17-6-10-1-2-10/h3-5,9-10,17H,1-2,6-8H2. The molecule has 1 aliphatic carbocycles. The number of aromatic nitrogens is 3. The molecular formula is C14H16F2N4. The fourth-order valence-corrected chi connectivity index (χ4v) is 2.06. The zero-order valence-electron chi connectivity index (χ0n) is 11.0. The molecule has 2 aromatic rings. The minimum Gasteiger partial charge on any atom is -0.311 e. The molecule has 1 aromatic carbocycles. The van der Waals surface area contributed by atoms with Crippen molar-refractivity contribution in [2.45, 2.75) is 25.9 Å². The molecule has 1 saturated carbocycles. The Morgan fingerprint density at radius 1 is 1.30 bits per heavy atom. The zero-order valence-corrected chi connectivity index (χ0v) is 11.0. The van der Waals surface area contributed by atoms with Crippen molar-refractivity contribution in [2.24, 2.45) is 5.92 Å². The van der Waals surface area contributed by atoms with Gasteiger partial charge in [0.25, 0.3) is 0 Å². The molecule has 1 aromatic heterocycles. The molecule has 0 spiro atoms. The summed E-state index contributed by atoms with van der Waals surface area (Å²) in [5, 5.41) is 11.3. The number of rotatable bonds is 6. The van der Waals surface area contributed by atoms with Crippen LogP contribution in [0.2, 0.25) is 0 Å². The largest absolute Gasteiger partial charge is 0.311 e. The molecule has 1 aliphatic rings. The van der Waals surface area contributed by atoms with Gasteiger partial charge in [0.05, 0.1) is 18.4 Å². The number of halogens is 2. The van der Waals surface area contributed by atoms with Crippen LogP contribution in [0, 0.1) is 17.6 Å². The van der Waals surface area contributed by atoms with Gasteiger partial charge in [-0.15, -0.1) is 5.10 Å². The maximum atomic E-state index is 13.5. The number of hydrogen-bond donors (Lipinski definition) is 1. The van der Waals surface area contributed by atoms with Gasteiger partial charge in [-0.25, -0.2) is 13.5 Å². The van der Waals surface area contributed by atoms with E-state index < -0.39 is 11.6 Å². The first-order valence-corrected chi connectivity index (χ1v) is 6.74. The Morgan fingerprint density at radius 3 is 2.95 bits per heavy atom. The Labute approximate surface area is 115 Å². The first-order valence-electron chi connectivity index (χ1n) is 6.74. The molecule has 0 amide bonds. The highest BCUT2D eigenvalue weighted by molar-refractivity contribution is 5.18. The van der Waals surface area contributed by atoms with Gasteiger partial charge >= 0.3 is 0 Å². The zero-order chi connectivity index (χ0) is 13.9. The molecule has 3 rings (SSSR count). The summed E-state index contributed by atoms with van der Waals surface area (Å²) in [6.45, 7) is 1.84. The highest BCUT2D eigenvalue weighted by Crippen LogP contribution is 2.27. The van der Waals surface area contributed by atoms with Crippen LogP contribution in [0.3, 0.4) is 0 Å². The minimum absolute atomic E-state index is 0.180. The van der Waals surface area contributed by atoms with Gasteiger partial charge in [0.15, 0.2) is 0 Å². The first kappa shape index (κ1) is 13.2. The summed E-state index contributed by atoms with van der Waals surface area (Å²) in [6.07, 6.45) is 4.36. The smallest absolute Gasteiger partial charge is 0.128 e. The van der Waals surface area contributed by atoms with Crippen molar-refractivity contribution in [2.75, 3.05) is 6.54 Å². The van der Waals surface area contributed by atoms with Gasteiger partial charge in [0.1, 0.15) is 11.6 Å². The van der Waals surface area contributed by atoms with Crippen LogP contribution in [0.5, 0.6) is 0 Å². The van der Waals surface area contributed by atoms with E-state index in [1.807, 2.05) is 0 Å². The third-order valence-electron chi connectivity index (χ3n) is 3.36. The molecule has 0 radical (unpaired) electrons. The third-order valence-corrected chi connectivity index (χ3v) is 3.36. The van der Waals surface area contributed by atoms with Gasteiger partial charge in [-0.3, -0.25) is 0 Å². The van der Waals surface area contributed by atoms with E-state index in [9.17, 15) is 8.78 Å². The van der Waals surface area contributed by atoms with Crippen molar-refractivity contribution in [1.29, 1.82) is 0 Å². The Balaban J connectivity index is 1.59. The van der Waals surface area contributed by atoms with Crippen LogP contribution in [-0.4, -0.2) is 21.5 Å².